The van der Waals surface area contributed by atoms with Gasteiger partial charge in [0.2, 0.25) is 0 Å². The summed E-state index contributed by atoms with van der Waals surface area (Å²) in [5, 5.41) is 1.31. The lowest BCUT2D eigenvalue weighted by molar-refractivity contribution is -0.129. The predicted molar refractivity (Wildman–Crippen MR) is 114 cm³/mol. The van der Waals surface area contributed by atoms with Gasteiger partial charge in [-0.3, -0.25) is 19.5 Å². The van der Waals surface area contributed by atoms with Crippen molar-refractivity contribution < 1.29 is 41.1 Å². The fraction of sp³-hybridized carbons (Fsp3) is 0.409. The zero-order valence-electron chi connectivity index (χ0n) is 18.4. The number of ether oxygens (including phenoxy) is 1. The van der Waals surface area contributed by atoms with E-state index in [1.54, 1.807) is 6.07 Å². The van der Waals surface area contributed by atoms with Crippen molar-refractivity contribution in [3.63, 3.8) is 0 Å². The molecule has 2 amide bonds. The maximum atomic E-state index is 15.0. The second kappa shape index (κ2) is 10.3. The number of hydrogen-bond donors (Lipinski definition) is 1. The molecule has 0 unspecified atom stereocenters. The molecule has 0 aliphatic carbocycles. The Balaban J connectivity index is 1.43. The molecule has 2 saturated heterocycles. The van der Waals surface area contributed by atoms with Gasteiger partial charge in [0.25, 0.3) is 6.43 Å². The zero-order valence-corrected chi connectivity index (χ0v) is 18.4. The van der Waals surface area contributed by atoms with Crippen molar-refractivity contribution in [2.24, 2.45) is 0 Å². The molecule has 0 spiro atoms. The molecular formula is C22H22F4N4O5. The summed E-state index contributed by atoms with van der Waals surface area (Å²) in [6, 6.07) is 5.05. The largest absolute Gasteiger partial charge is 0.459 e. The van der Waals surface area contributed by atoms with Crippen molar-refractivity contribution in [3.05, 3.63) is 47.9 Å². The minimum absolute atomic E-state index is 0.0981. The first-order valence-corrected chi connectivity index (χ1v) is 10.9. The van der Waals surface area contributed by atoms with E-state index in [-0.39, 0.29) is 56.3 Å². The van der Waals surface area contributed by atoms with Crippen molar-refractivity contribution >= 4 is 29.2 Å². The normalized spacial score (nSPS) is 18.7. The molecule has 2 aromatic rings. The van der Waals surface area contributed by atoms with Crippen LogP contribution in [-0.2, 0) is 9.53 Å². The van der Waals surface area contributed by atoms with Gasteiger partial charge in [0.05, 0.1) is 25.0 Å². The van der Waals surface area contributed by atoms with Gasteiger partial charge in [-0.15, -0.1) is 0 Å². The van der Waals surface area contributed by atoms with E-state index >= 15 is 8.78 Å². The van der Waals surface area contributed by atoms with Crippen LogP contribution in [0, 0.1) is 11.6 Å². The van der Waals surface area contributed by atoms with Crippen LogP contribution in [0.1, 0.15) is 23.4 Å². The maximum Gasteiger partial charge on any atom is 0.414 e. The van der Waals surface area contributed by atoms with Gasteiger partial charge in [0, 0.05) is 38.2 Å². The molecule has 35 heavy (non-hydrogen) atoms. The SMILES string of the molecule is O=C(CC[C@H]1CN(c2cc(F)c(N3CCNN(C(=O)c4ccco4)CC3)c(F)c2)C(=O)O1)C(F)F. The Kier molecular flexibility index (Phi) is 7.24. The first kappa shape index (κ1) is 24.5. The highest BCUT2D eigenvalue weighted by Gasteiger charge is 2.34. The monoisotopic (exact) mass is 498 g/mol. The number of halogens is 4. The number of nitrogens with one attached hydrogen (secondary N) is 1. The number of Topliss-reactive ketones (excluding diaryl/α,β-unsaturated/α-hetero) is 1. The van der Waals surface area contributed by atoms with E-state index in [1.165, 1.54) is 22.2 Å². The number of hydrazine groups is 1. The number of alkyl halides is 2. The molecular weight excluding hydrogens is 476 g/mol. The van der Waals surface area contributed by atoms with E-state index in [0.29, 0.717) is 0 Å². The standard InChI is InChI=1S/C22H22F4N4O5/c23-15-10-13(29-12-14(35-22(29)33)3-4-17(31)20(25)26)11-16(24)19(15)28-6-5-27-30(8-7-28)21(32)18-2-1-9-34-18/h1-2,9-11,14,20,27H,3-8,12H2/t14-/m0/s1. The fourth-order valence-electron chi connectivity index (χ4n) is 3.97. The molecule has 1 atom stereocenters. The van der Waals surface area contributed by atoms with Crippen LogP contribution < -0.4 is 15.2 Å². The molecule has 2 aliphatic rings. The molecule has 1 N–H and O–H groups in total. The lowest BCUT2D eigenvalue weighted by Gasteiger charge is -2.25. The van der Waals surface area contributed by atoms with Gasteiger partial charge >= 0.3 is 12.0 Å². The molecule has 0 radical (unpaired) electrons. The van der Waals surface area contributed by atoms with Gasteiger partial charge in [-0.1, -0.05) is 0 Å². The number of hydrogen-bond acceptors (Lipinski definition) is 7. The van der Waals surface area contributed by atoms with E-state index in [1.807, 2.05) is 0 Å². The summed E-state index contributed by atoms with van der Waals surface area (Å²) in [4.78, 5) is 38.2. The van der Waals surface area contributed by atoms with Crippen LogP contribution in [-0.4, -0.2) is 68.0 Å². The smallest absolute Gasteiger partial charge is 0.414 e. The quantitative estimate of drug-likeness (QED) is 0.587. The summed E-state index contributed by atoms with van der Waals surface area (Å²) in [6.07, 6.45) is -4.09. The Morgan fingerprint density at radius 1 is 1.14 bits per heavy atom. The number of rotatable bonds is 7. The zero-order chi connectivity index (χ0) is 25.1. The Labute approximate surface area is 197 Å². The van der Waals surface area contributed by atoms with Crippen molar-refractivity contribution in [2.75, 3.05) is 42.5 Å². The first-order chi connectivity index (χ1) is 16.7. The Morgan fingerprint density at radius 2 is 1.89 bits per heavy atom. The highest BCUT2D eigenvalue weighted by molar-refractivity contribution is 5.91. The number of carbonyl (C=O) groups excluding carboxylic acids is 3. The van der Waals surface area contributed by atoms with Crippen LogP contribution in [0.2, 0.25) is 0 Å². The molecule has 2 aliphatic heterocycles. The molecule has 4 rings (SSSR count). The summed E-state index contributed by atoms with van der Waals surface area (Å²) < 4.78 is 64.9. The van der Waals surface area contributed by atoms with E-state index in [9.17, 15) is 23.2 Å². The van der Waals surface area contributed by atoms with Gasteiger partial charge < -0.3 is 14.1 Å². The van der Waals surface area contributed by atoms with Crippen molar-refractivity contribution in [2.45, 2.75) is 25.4 Å². The number of benzene rings is 1. The molecule has 2 fully saturated rings. The number of anilines is 2. The van der Waals surface area contributed by atoms with Crippen LogP contribution in [0.3, 0.4) is 0 Å². The molecule has 13 heteroatoms. The lowest BCUT2D eigenvalue weighted by Crippen LogP contribution is -2.43. The third-order valence-electron chi connectivity index (χ3n) is 5.71. The minimum atomic E-state index is -3.11. The fourth-order valence-corrected chi connectivity index (χ4v) is 3.97. The van der Waals surface area contributed by atoms with Crippen molar-refractivity contribution in [1.29, 1.82) is 0 Å². The van der Waals surface area contributed by atoms with E-state index in [2.05, 4.69) is 5.43 Å². The molecule has 0 saturated carbocycles. The molecule has 188 valence electrons. The molecule has 3 heterocycles. The highest BCUT2D eigenvalue weighted by atomic mass is 19.3. The maximum absolute atomic E-state index is 15.0. The lowest BCUT2D eigenvalue weighted by atomic mass is 10.1. The predicted octanol–water partition coefficient (Wildman–Crippen LogP) is 2.96. The van der Waals surface area contributed by atoms with E-state index in [0.717, 1.165) is 17.0 Å². The van der Waals surface area contributed by atoms with Crippen LogP contribution in [0.5, 0.6) is 0 Å². The highest BCUT2D eigenvalue weighted by Crippen LogP contribution is 2.32. The Hall–Kier alpha value is -3.61. The van der Waals surface area contributed by atoms with Gasteiger partial charge in [-0.05, 0) is 18.6 Å². The van der Waals surface area contributed by atoms with Crippen LogP contribution >= 0.6 is 0 Å². The average Bonchev–Trinajstić information content (AvgIpc) is 3.41. The third kappa shape index (κ3) is 5.39. The third-order valence-corrected chi connectivity index (χ3v) is 5.71. The summed E-state index contributed by atoms with van der Waals surface area (Å²) in [5.41, 5.74) is 2.49. The second-order valence-corrected chi connectivity index (χ2v) is 8.01. The summed E-state index contributed by atoms with van der Waals surface area (Å²) in [6.45, 7) is 0.535. The topological polar surface area (TPSA) is 95.3 Å². The molecule has 1 aromatic carbocycles. The van der Waals surface area contributed by atoms with Gasteiger partial charge in [-0.25, -0.2) is 27.8 Å². The van der Waals surface area contributed by atoms with Crippen molar-refractivity contribution in [3.8, 4) is 0 Å². The van der Waals surface area contributed by atoms with Gasteiger partial charge in [0.15, 0.2) is 23.2 Å². The van der Waals surface area contributed by atoms with Gasteiger partial charge in [0.1, 0.15) is 11.8 Å². The number of carbonyl (C=O) groups is 3. The van der Waals surface area contributed by atoms with Crippen molar-refractivity contribution in [1.82, 2.24) is 10.4 Å². The molecule has 0 bridgehead atoms. The van der Waals surface area contributed by atoms with Crippen LogP contribution in [0.25, 0.3) is 0 Å². The van der Waals surface area contributed by atoms with Crippen LogP contribution in [0.15, 0.2) is 34.9 Å². The van der Waals surface area contributed by atoms with E-state index < -0.39 is 48.4 Å². The Bertz CT molecular complexity index is 1070. The van der Waals surface area contributed by atoms with Crippen LogP contribution in [0.4, 0.5) is 33.7 Å². The number of cyclic esters (lactones) is 1. The first-order valence-electron chi connectivity index (χ1n) is 10.9. The number of nitrogens with zero attached hydrogens (tertiary/aromatic N) is 3. The summed E-state index contributed by atoms with van der Waals surface area (Å²) in [5.74, 6) is -3.39. The molecule has 1 aromatic heterocycles. The summed E-state index contributed by atoms with van der Waals surface area (Å²) >= 11 is 0. The number of ketones is 1. The summed E-state index contributed by atoms with van der Waals surface area (Å²) in [7, 11) is 0. The minimum Gasteiger partial charge on any atom is -0.459 e. The molecule has 9 nitrogen and oxygen atoms in total. The number of amides is 2. The average molecular weight is 498 g/mol. The Morgan fingerprint density at radius 3 is 2.54 bits per heavy atom. The van der Waals surface area contributed by atoms with E-state index in [4.69, 9.17) is 9.15 Å². The number of furan rings is 1. The van der Waals surface area contributed by atoms with Gasteiger partial charge in [-0.2, -0.15) is 0 Å². The second-order valence-electron chi connectivity index (χ2n) is 8.01.